The molecule has 2 atom stereocenters. The summed E-state index contributed by atoms with van der Waals surface area (Å²) in [5, 5.41) is 10.1. The molecule has 0 saturated carbocycles. The van der Waals surface area contributed by atoms with E-state index in [4.69, 9.17) is 5.73 Å². The van der Waals surface area contributed by atoms with Crippen LogP contribution in [0.3, 0.4) is 0 Å². The summed E-state index contributed by atoms with van der Waals surface area (Å²) in [5.74, 6) is 0.113. The summed E-state index contributed by atoms with van der Waals surface area (Å²) in [6.45, 7) is 2.54. The minimum Gasteiger partial charge on any atom is -0.388 e. The van der Waals surface area contributed by atoms with Gasteiger partial charge in [-0.3, -0.25) is 0 Å². The summed E-state index contributed by atoms with van der Waals surface area (Å²) in [5.41, 5.74) is 6.52. The molecule has 2 nitrogen and oxygen atoms in total. The maximum Gasteiger partial charge on any atom is 0.0841 e. The van der Waals surface area contributed by atoms with E-state index in [1.807, 2.05) is 25.1 Å². The van der Waals surface area contributed by atoms with Crippen LogP contribution in [-0.4, -0.2) is 11.7 Å². The fourth-order valence-electron chi connectivity index (χ4n) is 1.51. The van der Waals surface area contributed by atoms with Gasteiger partial charge in [0.15, 0.2) is 0 Å². The van der Waals surface area contributed by atoms with Crippen LogP contribution in [0.5, 0.6) is 0 Å². The van der Waals surface area contributed by atoms with E-state index in [1.165, 1.54) is 0 Å². The van der Waals surface area contributed by atoms with Crippen LogP contribution in [0.1, 0.15) is 25.0 Å². The van der Waals surface area contributed by atoms with Gasteiger partial charge in [0.05, 0.1) is 6.10 Å². The van der Waals surface area contributed by atoms with Gasteiger partial charge >= 0.3 is 0 Å². The molecule has 0 saturated heterocycles. The third kappa shape index (κ3) is 3.28. The van der Waals surface area contributed by atoms with Crippen LogP contribution in [0, 0.1) is 5.92 Å². The average molecular weight is 337 g/mol. The van der Waals surface area contributed by atoms with Crippen molar-refractivity contribution < 1.29 is 5.11 Å². The highest BCUT2D eigenvalue weighted by molar-refractivity contribution is 9.11. The molecule has 0 amide bonds. The second-order valence-corrected chi connectivity index (χ2v) is 5.28. The van der Waals surface area contributed by atoms with Crippen LogP contribution in [-0.2, 0) is 0 Å². The number of halogens is 2. The van der Waals surface area contributed by atoms with E-state index in [9.17, 15) is 5.11 Å². The summed E-state index contributed by atoms with van der Waals surface area (Å²) >= 11 is 6.82. The number of hydrogen-bond donors (Lipinski definition) is 2. The highest BCUT2D eigenvalue weighted by atomic mass is 79.9. The first-order valence-electron chi connectivity index (χ1n) is 4.93. The maximum atomic E-state index is 10.1. The lowest BCUT2D eigenvalue weighted by molar-refractivity contribution is 0.109. The Balaban J connectivity index is 2.94. The quantitative estimate of drug-likeness (QED) is 0.886. The highest BCUT2D eigenvalue weighted by Crippen LogP contribution is 2.31. The highest BCUT2D eigenvalue weighted by Gasteiger charge is 2.19. The number of hydrogen-bond acceptors (Lipinski definition) is 2. The third-order valence-electron chi connectivity index (χ3n) is 2.55. The molecule has 1 aromatic carbocycles. The molecule has 0 heterocycles. The molecule has 0 aromatic heterocycles. The molecule has 0 radical (unpaired) electrons. The fourth-order valence-corrected chi connectivity index (χ4v) is 2.80. The summed E-state index contributed by atoms with van der Waals surface area (Å²) in [4.78, 5) is 0. The van der Waals surface area contributed by atoms with E-state index in [-0.39, 0.29) is 5.92 Å². The van der Waals surface area contributed by atoms with Gasteiger partial charge in [-0.2, -0.15) is 0 Å². The molecular formula is C11H15Br2NO. The largest absolute Gasteiger partial charge is 0.388 e. The Labute approximate surface area is 107 Å². The summed E-state index contributed by atoms with van der Waals surface area (Å²) in [6.07, 6.45) is 0.377. The van der Waals surface area contributed by atoms with Crippen molar-refractivity contribution in [3.05, 3.63) is 32.7 Å². The zero-order valence-corrected chi connectivity index (χ0v) is 11.8. The zero-order chi connectivity index (χ0) is 11.4. The molecule has 3 N–H and O–H groups in total. The zero-order valence-electron chi connectivity index (χ0n) is 8.58. The van der Waals surface area contributed by atoms with E-state index in [0.717, 1.165) is 20.9 Å². The van der Waals surface area contributed by atoms with E-state index in [1.54, 1.807) is 0 Å². The summed E-state index contributed by atoms with van der Waals surface area (Å²) in [6, 6.07) is 5.77. The van der Waals surface area contributed by atoms with Crippen molar-refractivity contribution in [3.63, 3.8) is 0 Å². The summed E-state index contributed by atoms with van der Waals surface area (Å²) < 4.78 is 1.90. The van der Waals surface area contributed by atoms with Gasteiger partial charge in [-0.1, -0.05) is 44.8 Å². The predicted octanol–water partition coefficient (Wildman–Crippen LogP) is 3.23. The minimum atomic E-state index is -0.498. The molecule has 1 aromatic rings. The van der Waals surface area contributed by atoms with Crippen molar-refractivity contribution in [3.8, 4) is 0 Å². The first kappa shape index (κ1) is 13.2. The Hall–Kier alpha value is 0.1000. The monoisotopic (exact) mass is 335 g/mol. The van der Waals surface area contributed by atoms with Crippen LogP contribution in [0.2, 0.25) is 0 Å². The van der Waals surface area contributed by atoms with Crippen LogP contribution in [0.15, 0.2) is 27.1 Å². The van der Waals surface area contributed by atoms with Crippen LogP contribution in [0.25, 0.3) is 0 Å². The Bertz CT molecular complexity index is 326. The van der Waals surface area contributed by atoms with E-state index >= 15 is 0 Å². The Kier molecular flexibility index (Phi) is 5.26. The second kappa shape index (κ2) is 5.99. The van der Waals surface area contributed by atoms with Crippen molar-refractivity contribution in [2.75, 3.05) is 6.54 Å². The smallest absolute Gasteiger partial charge is 0.0841 e. The second-order valence-electron chi connectivity index (χ2n) is 3.51. The number of aliphatic hydroxyl groups excluding tert-OH is 1. The molecule has 15 heavy (non-hydrogen) atoms. The van der Waals surface area contributed by atoms with Gasteiger partial charge in [0.1, 0.15) is 0 Å². The molecular weight excluding hydrogens is 322 g/mol. The molecule has 1 rings (SSSR count). The molecule has 0 aliphatic carbocycles. The summed E-state index contributed by atoms with van der Waals surface area (Å²) in [7, 11) is 0. The standard InChI is InChI=1S/C11H15Br2NO/c1-2-7(6-14)11(15)9-4-3-8(12)5-10(9)13/h3-5,7,11,15H,2,6,14H2,1H3. The van der Waals surface area contributed by atoms with Gasteiger partial charge in [0.2, 0.25) is 0 Å². The molecule has 0 fully saturated rings. The molecule has 0 spiro atoms. The Morgan fingerprint density at radius 3 is 2.53 bits per heavy atom. The lowest BCUT2D eigenvalue weighted by atomic mass is 9.94. The molecule has 84 valence electrons. The molecule has 2 unspecified atom stereocenters. The maximum absolute atomic E-state index is 10.1. The molecule has 0 bridgehead atoms. The Morgan fingerprint density at radius 2 is 2.07 bits per heavy atom. The van der Waals surface area contributed by atoms with Gasteiger partial charge < -0.3 is 10.8 Å². The third-order valence-corrected chi connectivity index (χ3v) is 3.73. The first-order chi connectivity index (χ1) is 7.10. The van der Waals surface area contributed by atoms with E-state index < -0.39 is 6.10 Å². The van der Waals surface area contributed by atoms with E-state index in [0.29, 0.717) is 6.54 Å². The van der Waals surface area contributed by atoms with Crippen molar-refractivity contribution in [1.82, 2.24) is 0 Å². The fraction of sp³-hybridized carbons (Fsp3) is 0.455. The van der Waals surface area contributed by atoms with Crippen molar-refractivity contribution >= 4 is 31.9 Å². The average Bonchev–Trinajstić information content (AvgIpc) is 2.19. The van der Waals surface area contributed by atoms with Crippen LogP contribution >= 0.6 is 31.9 Å². The molecule has 4 heteroatoms. The normalized spacial score (nSPS) is 15.0. The predicted molar refractivity (Wildman–Crippen MR) is 69.6 cm³/mol. The number of rotatable bonds is 4. The van der Waals surface area contributed by atoms with Gasteiger partial charge in [-0.25, -0.2) is 0 Å². The minimum absolute atomic E-state index is 0.113. The van der Waals surface area contributed by atoms with Crippen LogP contribution in [0.4, 0.5) is 0 Å². The van der Waals surface area contributed by atoms with Crippen molar-refractivity contribution in [2.45, 2.75) is 19.4 Å². The van der Waals surface area contributed by atoms with Crippen molar-refractivity contribution in [2.24, 2.45) is 11.7 Å². The topological polar surface area (TPSA) is 46.2 Å². The SMILES string of the molecule is CCC(CN)C(O)c1ccc(Br)cc1Br. The lowest BCUT2D eigenvalue weighted by Crippen LogP contribution is -2.21. The van der Waals surface area contributed by atoms with Crippen LogP contribution < -0.4 is 5.73 Å². The van der Waals surface area contributed by atoms with E-state index in [2.05, 4.69) is 31.9 Å². The van der Waals surface area contributed by atoms with Gasteiger partial charge in [-0.05, 0) is 30.7 Å². The van der Waals surface area contributed by atoms with Gasteiger partial charge in [0, 0.05) is 14.9 Å². The van der Waals surface area contributed by atoms with Gasteiger partial charge in [0.25, 0.3) is 0 Å². The number of nitrogens with two attached hydrogens (primary N) is 1. The molecule has 0 aliphatic heterocycles. The number of benzene rings is 1. The Morgan fingerprint density at radius 1 is 1.40 bits per heavy atom. The van der Waals surface area contributed by atoms with Crippen molar-refractivity contribution in [1.29, 1.82) is 0 Å². The molecule has 0 aliphatic rings. The first-order valence-corrected chi connectivity index (χ1v) is 6.51. The number of aliphatic hydroxyl groups is 1. The lowest BCUT2D eigenvalue weighted by Gasteiger charge is -2.21. The van der Waals surface area contributed by atoms with Gasteiger partial charge in [-0.15, -0.1) is 0 Å².